The number of benzene rings is 2. The Balaban J connectivity index is 1.65. The van der Waals surface area contributed by atoms with Gasteiger partial charge in [-0.2, -0.15) is 4.39 Å². The highest BCUT2D eigenvalue weighted by Crippen LogP contribution is 2.30. The van der Waals surface area contributed by atoms with E-state index < -0.39 is 23.6 Å². The molecular weight excluding hydrogens is 431 g/mol. The van der Waals surface area contributed by atoms with Crippen molar-refractivity contribution in [1.82, 2.24) is 4.98 Å². The number of rotatable bonds is 11. The van der Waals surface area contributed by atoms with E-state index in [1.54, 1.807) is 24.3 Å². The summed E-state index contributed by atoms with van der Waals surface area (Å²) in [5, 5.41) is 9.97. The third-order valence-electron chi connectivity index (χ3n) is 5.04. The van der Waals surface area contributed by atoms with E-state index in [0.29, 0.717) is 29.8 Å². The minimum absolute atomic E-state index is 0.0590. The molecule has 33 heavy (non-hydrogen) atoms. The number of aliphatic hydroxyl groups excluding tert-OH is 1. The first-order valence-corrected chi connectivity index (χ1v) is 10.7. The molecule has 7 heteroatoms. The fourth-order valence-electron chi connectivity index (χ4n) is 3.24. The molecule has 3 aromatic rings. The van der Waals surface area contributed by atoms with Gasteiger partial charge in [-0.1, -0.05) is 25.5 Å². The molecule has 0 bridgehead atoms. The lowest BCUT2D eigenvalue weighted by Gasteiger charge is -2.13. The van der Waals surface area contributed by atoms with E-state index >= 15 is 0 Å². The Hall–Kier alpha value is -3.32. The van der Waals surface area contributed by atoms with Crippen molar-refractivity contribution < 1.29 is 27.8 Å². The number of ether oxygens (including phenoxy) is 2. The maximum absolute atomic E-state index is 14.5. The molecule has 1 unspecified atom stereocenters. The van der Waals surface area contributed by atoms with Gasteiger partial charge in [0.15, 0.2) is 11.6 Å². The molecule has 3 rings (SSSR count). The van der Waals surface area contributed by atoms with Crippen LogP contribution in [0.3, 0.4) is 0 Å². The predicted octanol–water partition coefficient (Wildman–Crippen LogP) is 6.53. The lowest BCUT2D eigenvalue weighted by molar-refractivity contribution is 0.161. The largest absolute Gasteiger partial charge is 0.490 e. The van der Waals surface area contributed by atoms with Crippen molar-refractivity contribution in [2.75, 3.05) is 6.61 Å². The van der Waals surface area contributed by atoms with Gasteiger partial charge in [0.2, 0.25) is 5.82 Å². The van der Waals surface area contributed by atoms with Crippen LogP contribution in [-0.2, 0) is 6.61 Å². The van der Waals surface area contributed by atoms with E-state index in [0.717, 1.165) is 6.42 Å². The van der Waals surface area contributed by atoms with Gasteiger partial charge in [-0.3, -0.25) is 4.98 Å². The number of aromatic nitrogens is 1. The monoisotopic (exact) mass is 457 g/mol. The normalized spacial score (nSPS) is 11.8. The zero-order valence-corrected chi connectivity index (χ0v) is 18.4. The molecule has 2 aromatic carbocycles. The fourth-order valence-corrected chi connectivity index (χ4v) is 3.24. The predicted molar refractivity (Wildman–Crippen MR) is 120 cm³/mol. The van der Waals surface area contributed by atoms with Gasteiger partial charge in [0, 0.05) is 29.0 Å². The zero-order valence-electron chi connectivity index (χ0n) is 18.4. The van der Waals surface area contributed by atoms with Crippen molar-refractivity contribution >= 4 is 0 Å². The van der Waals surface area contributed by atoms with Crippen molar-refractivity contribution in [3.63, 3.8) is 0 Å². The first kappa shape index (κ1) is 24.3. The summed E-state index contributed by atoms with van der Waals surface area (Å²) < 4.78 is 53.9. The third kappa shape index (κ3) is 6.14. The summed E-state index contributed by atoms with van der Waals surface area (Å²) >= 11 is 0. The molecule has 0 spiro atoms. The van der Waals surface area contributed by atoms with Gasteiger partial charge in [-0.05, 0) is 43.2 Å². The van der Waals surface area contributed by atoms with Gasteiger partial charge >= 0.3 is 0 Å². The van der Waals surface area contributed by atoms with Crippen LogP contribution in [0.5, 0.6) is 11.5 Å². The van der Waals surface area contributed by atoms with E-state index in [1.165, 1.54) is 30.5 Å². The van der Waals surface area contributed by atoms with E-state index in [9.17, 15) is 18.3 Å². The van der Waals surface area contributed by atoms with Gasteiger partial charge in [0.25, 0.3) is 0 Å². The van der Waals surface area contributed by atoms with Gasteiger partial charge in [-0.25, -0.2) is 8.78 Å². The minimum atomic E-state index is -1.06. The summed E-state index contributed by atoms with van der Waals surface area (Å²) in [4.78, 5) is 4.23. The SMILES string of the molecule is C=CCCOc1ccc(-c2ccc(COc3ccc(C(O)CCC)c(F)c3)nc2)c(F)c1F. The number of nitrogens with zero attached hydrogens (tertiary/aromatic N) is 1. The smallest absolute Gasteiger partial charge is 0.201 e. The van der Waals surface area contributed by atoms with Crippen LogP contribution in [0.2, 0.25) is 0 Å². The molecule has 0 aliphatic rings. The average molecular weight is 457 g/mol. The number of hydrogen-bond acceptors (Lipinski definition) is 4. The lowest BCUT2D eigenvalue weighted by atomic mass is 10.0. The van der Waals surface area contributed by atoms with Crippen molar-refractivity contribution in [2.45, 2.75) is 38.9 Å². The van der Waals surface area contributed by atoms with Crippen molar-refractivity contribution in [3.8, 4) is 22.6 Å². The molecule has 0 saturated carbocycles. The molecule has 174 valence electrons. The average Bonchev–Trinajstić information content (AvgIpc) is 2.81. The van der Waals surface area contributed by atoms with E-state index in [-0.39, 0.29) is 30.1 Å². The number of pyridine rings is 1. The van der Waals surface area contributed by atoms with Crippen LogP contribution in [0.4, 0.5) is 13.2 Å². The summed E-state index contributed by atoms with van der Waals surface area (Å²) in [6.45, 7) is 5.74. The summed E-state index contributed by atoms with van der Waals surface area (Å²) in [5.41, 5.74) is 1.22. The molecule has 0 aliphatic heterocycles. The number of halogens is 3. The number of aliphatic hydroxyl groups is 1. The van der Waals surface area contributed by atoms with Crippen molar-refractivity contribution in [3.05, 3.63) is 90.0 Å². The highest BCUT2D eigenvalue weighted by atomic mass is 19.2. The summed E-state index contributed by atoms with van der Waals surface area (Å²) in [7, 11) is 0. The quantitative estimate of drug-likeness (QED) is 0.263. The zero-order chi connectivity index (χ0) is 23.8. The maximum atomic E-state index is 14.5. The second-order valence-electron chi connectivity index (χ2n) is 7.48. The second-order valence-corrected chi connectivity index (χ2v) is 7.48. The Morgan fingerprint density at radius 3 is 2.55 bits per heavy atom. The molecule has 1 atom stereocenters. The van der Waals surface area contributed by atoms with Crippen molar-refractivity contribution in [1.29, 1.82) is 0 Å². The summed E-state index contributed by atoms with van der Waals surface area (Å²) in [5.74, 6) is -2.47. The molecule has 0 saturated heterocycles. The van der Waals surface area contributed by atoms with Crippen LogP contribution in [0.25, 0.3) is 11.1 Å². The summed E-state index contributed by atoms with van der Waals surface area (Å²) in [6, 6.07) is 10.4. The van der Waals surface area contributed by atoms with E-state index in [1.807, 2.05) is 6.92 Å². The third-order valence-corrected chi connectivity index (χ3v) is 5.04. The van der Waals surface area contributed by atoms with Crippen LogP contribution in [0.15, 0.2) is 61.3 Å². The van der Waals surface area contributed by atoms with Crippen LogP contribution in [-0.4, -0.2) is 16.7 Å². The highest BCUT2D eigenvalue weighted by molar-refractivity contribution is 5.64. The molecule has 1 N–H and O–H groups in total. The lowest BCUT2D eigenvalue weighted by Crippen LogP contribution is -2.03. The van der Waals surface area contributed by atoms with E-state index in [4.69, 9.17) is 9.47 Å². The van der Waals surface area contributed by atoms with Crippen LogP contribution in [0.1, 0.15) is 43.5 Å². The standard InChI is InChI=1S/C26H26F3NO3/c1-3-5-13-32-24-12-11-20(25(28)26(24)29)17-7-8-18(30-15-17)16-33-19-9-10-21(22(27)14-19)23(31)6-4-2/h3,7-12,14-15,23,31H,1,4-6,13,16H2,2H3. The van der Waals surface area contributed by atoms with Crippen molar-refractivity contribution in [2.24, 2.45) is 0 Å². The van der Waals surface area contributed by atoms with Crippen LogP contribution in [0, 0.1) is 17.5 Å². The molecule has 0 radical (unpaired) electrons. The maximum Gasteiger partial charge on any atom is 0.201 e. The molecule has 0 aliphatic carbocycles. The Bertz CT molecular complexity index is 1090. The second kappa shape index (κ2) is 11.5. The highest BCUT2D eigenvalue weighted by Gasteiger charge is 2.16. The molecule has 1 aromatic heterocycles. The fraction of sp³-hybridized carbons (Fsp3) is 0.269. The Morgan fingerprint density at radius 2 is 1.88 bits per heavy atom. The van der Waals surface area contributed by atoms with Crippen LogP contribution >= 0.6 is 0 Å². The molecule has 0 fully saturated rings. The number of hydrogen-bond donors (Lipinski definition) is 1. The molecular formula is C26H26F3NO3. The van der Waals surface area contributed by atoms with Crippen LogP contribution < -0.4 is 9.47 Å². The Morgan fingerprint density at radius 1 is 1.06 bits per heavy atom. The minimum Gasteiger partial charge on any atom is -0.490 e. The van der Waals surface area contributed by atoms with Gasteiger partial charge < -0.3 is 14.6 Å². The Kier molecular flexibility index (Phi) is 8.49. The van der Waals surface area contributed by atoms with Gasteiger partial charge in [-0.15, -0.1) is 6.58 Å². The molecule has 4 nitrogen and oxygen atoms in total. The first-order valence-electron chi connectivity index (χ1n) is 10.7. The first-order chi connectivity index (χ1) is 15.9. The topological polar surface area (TPSA) is 51.6 Å². The summed E-state index contributed by atoms with van der Waals surface area (Å²) in [6.07, 6.45) is 3.93. The molecule has 0 amide bonds. The Labute approximate surface area is 191 Å². The van der Waals surface area contributed by atoms with E-state index in [2.05, 4.69) is 11.6 Å². The van der Waals surface area contributed by atoms with Gasteiger partial charge in [0.1, 0.15) is 18.2 Å². The molecule has 1 heterocycles. The van der Waals surface area contributed by atoms with Gasteiger partial charge in [0.05, 0.1) is 18.4 Å².